The van der Waals surface area contributed by atoms with E-state index < -0.39 is 0 Å². The molecule has 0 saturated heterocycles. The van der Waals surface area contributed by atoms with Crippen LogP contribution >= 0.6 is 0 Å². The second-order valence-electron chi connectivity index (χ2n) is 5.58. The molecule has 0 spiro atoms. The second kappa shape index (κ2) is 4.02. The Morgan fingerprint density at radius 3 is 2.59 bits per heavy atom. The molecule has 2 heteroatoms. The van der Waals surface area contributed by atoms with Gasteiger partial charge in [0.1, 0.15) is 5.75 Å². The minimum Gasteiger partial charge on any atom is -0.497 e. The van der Waals surface area contributed by atoms with Gasteiger partial charge >= 0.3 is 0 Å². The number of hydrogen-bond donors (Lipinski definition) is 1. The highest BCUT2D eigenvalue weighted by molar-refractivity contribution is 5.37. The summed E-state index contributed by atoms with van der Waals surface area (Å²) in [6, 6.07) is 6.50. The van der Waals surface area contributed by atoms with E-state index in [1.807, 2.05) is 6.07 Å². The summed E-state index contributed by atoms with van der Waals surface area (Å²) < 4.78 is 5.24. The van der Waals surface area contributed by atoms with Gasteiger partial charge in [0.05, 0.1) is 7.11 Å². The number of hydrogen-bond acceptors (Lipinski definition) is 2. The summed E-state index contributed by atoms with van der Waals surface area (Å²) in [4.78, 5) is 0. The number of benzene rings is 1. The lowest BCUT2D eigenvalue weighted by Crippen LogP contribution is -2.16. The Balaban J connectivity index is 1.80. The van der Waals surface area contributed by atoms with Crippen LogP contribution in [0.5, 0.6) is 5.75 Å². The smallest absolute Gasteiger partial charge is 0.119 e. The van der Waals surface area contributed by atoms with Crippen LogP contribution < -0.4 is 10.5 Å². The highest BCUT2D eigenvalue weighted by Crippen LogP contribution is 2.61. The first kappa shape index (κ1) is 11.1. The fourth-order valence-corrected chi connectivity index (χ4v) is 3.77. The highest BCUT2D eigenvalue weighted by Gasteiger charge is 2.55. The molecule has 0 radical (unpaired) electrons. The standard InChI is InChI=1S/C15H21NO/c1-9-8-10(17-2)6-7-11(9)15(16)14-12-4-3-5-13(12)14/h6-8,12-15H,3-5,16H2,1-2H3. The lowest BCUT2D eigenvalue weighted by atomic mass is 9.94. The third kappa shape index (κ3) is 1.75. The van der Waals surface area contributed by atoms with Crippen LogP contribution in [0.3, 0.4) is 0 Å². The number of fused-ring (bicyclic) bond motifs is 1. The normalized spacial score (nSPS) is 32.1. The van der Waals surface area contributed by atoms with E-state index in [1.54, 1.807) is 7.11 Å². The first-order valence-corrected chi connectivity index (χ1v) is 6.62. The second-order valence-corrected chi connectivity index (χ2v) is 5.58. The summed E-state index contributed by atoms with van der Waals surface area (Å²) in [5.41, 5.74) is 9.02. The fraction of sp³-hybridized carbons (Fsp3) is 0.600. The van der Waals surface area contributed by atoms with E-state index >= 15 is 0 Å². The minimum atomic E-state index is 0.233. The molecule has 1 aromatic carbocycles. The van der Waals surface area contributed by atoms with Gasteiger partial charge in [0.25, 0.3) is 0 Å². The fourth-order valence-electron chi connectivity index (χ4n) is 3.77. The summed E-state index contributed by atoms with van der Waals surface area (Å²) in [5.74, 6) is 3.52. The van der Waals surface area contributed by atoms with Crippen LogP contribution in [0, 0.1) is 24.7 Å². The summed E-state index contributed by atoms with van der Waals surface area (Å²) in [6.45, 7) is 2.13. The lowest BCUT2D eigenvalue weighted by molar-refractivity contribution is 0.413. The highest BCUT2D eigenvalue weighted by atomic mass is 16.5. The van der Waals surface area contributed by atoms with Crippen molar-refractivity contribution in [2.75, 3.05) is 7.11 Å². The quantitative estimate of drug-likeness (QED) is 0.867. The van der Waals surface area contributed by atoms with Crippen molar-refractivity contribution >= 4 is 0 Å². The van der Waals surface area contributed by atoms with Gasteiger partial charge < -0.3 is 10.5 Å². The van der Waals surface area contributed by atoms with Gasteiger partial charge in [-0.3, -0.25) is 0 Å². The molecule has 3 rings (SSSR count). The molecule has 0 heterocycles. The van der Waals surface area contributed by atoms with Crippen LogP contribution in [0.25, 0.3) is 0 Å². The van der Waals surface area contributed by atoms with E-state index in [-0.39, 0.29) is 6.04 Å². The van der Waals surface area contributed by atoms with Crippen LogP contribution in [-0.2, 0) is 0 Å². The lowest BCUT2D eigenvalue weighted by Gasteiger charge is -2.17. The van der Waals surface area contributed by atoms with Gasteiger partial charge in [-0.05, 0) is 60.8 Å². The van der Waals surface area contributed by atoms with Crippen molar-refractivity contribution < 1.29 is 4.74 Å². The SMILES string of the molecule is COc1ccc(C(N)C2C3CCCC32)c(C)c1. The van der Waals surface area contributed by atoms with Gasteiger partial charge in [0, 0.05) is 6.04 Å². The molecule has 2 N–H and O–H groups in total. The number of methoxy groups -OCH3 is 1. The molecule has 3 atom stereocenters. The molecule has 0 aromatic heterocycles. The molecular weight excluding hydrogens is 210 g/mol. The maximum absolute atomic E-state index is 6.44. The molecule has 2 aliphatic rings. The van der Waals surface area contributed by atoms with Crippen LogP contribution in [0.2, 0.25) is 0 Å². The molecule has 2 nitrogen and oxygen atoms in total. The summed E-state index contributed by atoms with van der Waals surface area (Å²) in [5, 5.41) is 0. The van der Waals surface area contributed by atoms with Crippen LogP contribution in [-0.4, -0.2) is 7.11 Å². The summed E-state index contributed by atoms with van der Waals surface area (Å²) >= 11 is 0. The molecule has 2 fully saturated rings. The topological polar surface area (TPSA) is 35.2 Å². The molecule has 0 bridgehead atoms. The van der Waals surface area contributed by atoms with E-state index in [0.29, 0.717) is 0 Å². The van der Waals surface area contributed by atoms with Crippen molar-refractivity contribution in [3.63, 3.8) is 0 Å². The number of rotatable bonds is 3. The monoisotopic (exact) mass is 231 g/mol. The van der Waals surface area contributed by atoms with Gasteiger partial charge in [-0.15, -0.1) is 0 Å². The zero-order valence-electron chi connectivity index (χ0n) is 10.6. The zero-order valence-corrected chi connectivity index (χ0v) is 10.6. The predicted molar refractivity (Wildman–Crippen MR) is 69.0 cm³/mol. The molecule has 2 aliphatic carbocycles. The van der Waals surface area contributed by atoms with Crippen LogP contribution in [0.4, 0.5) is 0 Å². The van der Waals surface area contributed by atoms with E-state index in [2.05, 4.69) is 19.1 Å². The van der Waals surface area contributed by atoms with Crippen molar-refractivity contribution in [1.29, 1.82) is 0 Å². The van der Waals surface area contributed by atoms with Crippen molar-refractivity contribution in [2.24, 2.45) is 23.5 Å². The van der Waals surface area contributed by atoms with Crippen LogP contribution in [0.1, 0.15) is 36.4 Å². The average molecular weight is 231 g/mol. The van der Waals surface area contributed by atoms with Crippen molar-refractivity contribution in [3.8, 4) is 5.75 Å². The van der Waals surface area contributed by atoms with E-state index in [9.17, 15) is 0 Å². The Hall–Kier alpha value is -1.02. The average Bonchev–Trinajstić information content (AvgIpc) is 2.81. The van der Waals surface area contributed by atoms with E-state index in [4.69, 9.17) is 10.5 Å². The molecule has 3 unspecified atom stereocenters. The first-order chi connectivity index (χ1) is 8.22. The van der Waals surface area contributed by atoms with Crippen molar-refractivity contribution in [1.82, 2.24) is 0 Å². The number of aryl methyl sites for hydroxylation is 1. The third-order valence-corrected chi connectivity index (χ3v) is 4.72. The largest absolute Gasteiger partial charge is 0.497 e. The minimum absolute atomic E-state index is 0.233. The molecular formula is C15H21NO. The van der Waals surface area contributed by atoms with E-state index in [1.165, 1.54) is 30.4 Å². The predicted octanol–water partition coefficient (Wildman–Crippen LogP) is 3.05. The summed E-state index contributed by atoms with van der Waals surface area (Å²) in [7, 11) is 1.71. The van der Waals surface area contributed by atoms with E-state index in [0.717, 1.165) is 23.5 Å². The van der Waals surface area contributed by atoms with Gasteiger partial charge in [0.15, 0.2) is 0 Å². The van der Waals surface area contributed by atoms with Gasteiger partial charge in [0.2, 0.25) is 0 Å². The van der Waals surface area contributed by atoms with Crippen molar-refractivity contribution in [2.45, 2.75) is 32.2 Å². The molecule has 17 heavy (non-hydrogen) atoms. The molecule has 92 valence electrons. The van der Waals surface area contributed by atoms with Gasteiger partial charge in [-0.25, -0.2) is 0 Å². The van der Waals surface area contributed by atoms with Crippen molar-refractivity contribution in [3.05, 3.63) is 29.3 Å². The molecule has 0 amide bonds. The Kier molecular flexibility index (Phi) is 2.62. The maximum Gasteiger partial charge on any atom is 0.119 e. The Morgan fingerprint density at radius 1 is 1.29 bits per heavy atom. The Labute approximate surface area is 103 Å². The Morgan fingerprint density at radius 2 is 2.00 bits per heavy atom. The molecule has 2 saturated carbocycles. The molecule has 0 aliphatic heterocycles. The third-order valence-electron chi connectivity index (χ3n) is 4.72. The maximum atomic E-state index is 6.44. The van der Waals surface area contributed by atoms with Crippen LogP contribution in [0.15, 0.2) is 18.2 Å². The number of nitrogens with two attached hydrogens (primary N) is 1. The first-order valence-electron chi connectivity index (χ1n) is 6.62. The zero-order chi connectivity index (χ0) is 12.0. The number of ether oxygens (including phenoxy) is 1. The van der Waals surface area contributed by atoms with Gasteiger partial charge in [-0.2, -0.15) is 0 Å². The summed E-state index contributed by atoms with van der Waals surface area (Å²) in [6.07, 6.45) is 4.22. The molecule has 1 aromatic rings. The van der Waals surface area contributed by atoms with Gasteiger partial charge in [-0.1, -0.05) is 12.5 Å². The Bertz CT molecular complexity index is 419.